The van der Waals surface area contributed by atoms with Gasteiger partial charge in [-0.2, -0.15) is 0 Å². The van der Waals surface area contributed by atoms with Crippen molar-refractivity contribution in [3.63, 3.8) is 0 Å². The SMILES string of the molecule is O=C(NC1CC1)c1ccccc1NC(=O)C1CC(c2ccc(Cl)s2)=NO1. The number of benzene rings is 1. The van der Waals surface area contributed by atoms with Crippen LogP contribution >= 0.6 is 22.9 Å². The van der Waals surface area contributed by atoms with Crippen molar-refractivity contribution in [1.82, 2.24) is 5.32 Å². The third kappa shape index (κ3) is 3.73. The molecule has 0 bridgehead atoms. The summed E-state index contributed by atoms with van der Waals surface area (Å²) in [5.74, 6) is -0.515. The standard InChI is InChI=1S/C18H16ClN3O3S/c19-16-8-7-15(26-16)13-9-14(25-22-13)18(24)21-12-4-2-1-3-11(12)17(23)20-10-5-6-10/h1-4,7-8,10,14H,5-6,9H2,(H,20,23)(H,21,24). The number of hydrogen-bond acceptors (Lipinski definition) is 5. The van der Waals surface area contributed by atoms with Gasteiger partial charge in [-0.1, -0.05) is 28.9 Å². The molecule has 0 saturated heterocycles. The van der Waals surface area contributed by atoms with Crippen LogP contribution in [0.2, 0.25) is 4.34 Å². The third-order valence-corrected chi connectivity index (χ3v) is 5.44. The molecule has 1 unspecified atom stereocenters. The molecular weight excluding hydrogens is 374 g/mol. The van der Waals surface area contributed by atoms with E-state index in [4.69, 9.17) is 16.4 Å². The molecule has 4 rings (SSSR count). The topological polar surface area (TPSA) is 79.8 Å². The number of amides is 2. The second-order valence-corrected chi connectivity index (χ2v) is 7.94. The number of carbonyl (C=O) groups excluding carboxylic acids is 2. The van der Waals surface area contributed by atoms with Gasteiger partial charge in [0.2, 0.25) is 6.10 Å². The van der Waals surface area contributed by atoms with Gasteiger partial charge in [-0.3, -0.25) is 9.59 Å². The van der Waals surface area contributed by atoms with E-state index in [9.17, 15) is 9.59 Å². The van der Waals surface area contributed by atoms with Gasteiger partial charge in [0.05, 0.1) is 20.5 Å². The van der Waals surface area contributed by atoms with E-state index in [1.54, 1.807) is 30.3 Å². The average Bonchev–Trinajstić information content (AvgIpc) is 3.12. The summed E-state index contributed by atoms with van der Waals surface area (Å²) in [6.45, 7) is 0. The summed E-state index contributed by atoms with van der Waals surface area (Å²) in [5.41, 5.74) is 1.60. The van der Waals surface area contributed by atoms with Gasteiger partial charge in [0.1, 0.15) is 5.71 Å². The number of hydrogen-bond donors (Lipinski definition) is 2. The number of para-hydroxylation sites is 1. The molecule has 2 aromatic rings. The number of nitrogens with zero attached hydrogens (tertiary/aromatic N) is 1. The Kier molecular flexibility index (Phi) is 4.65. The lowest BCUT2D eigenvalue weighted by Gasteiger charge is -2.13. The molecule has 26 heavy (non-hydrogen) atoms. The predicted octanol–water partition coefficient (Wildman–Crippen LogP) is 3.43. The van der Waals surface area contributed by atoms with Crippen molar-refractivity contribution in [2.45, 2.75) is 31.4 Å². The summed E-state index contributed by atoms with van der Waals surface area (Å²) >= 11 is 7.33. The van der Waals surface area contributed by atoms with Crippen molar-refractivity contribution in [3.8, 4) is 0 Å². The van der Waals surface area contributed by atoms with E-state index in [0.29, 0.717) is 27.7 Å². The first-order valence-electron chi connectivity index (χ1n) is 8.29. The molecule has 0 spiro atoms. The van der Waals surface area contributed by atoms with Crippen LogP contribution in [0.15, 0.2) is 41.6 Å². The average molecular weight is 390 g/mol. The second-order valence-electron chi connectivity index (χ2n) is 6.22. The van der Waals surface area contributed by atoms with Gasteiger partial charge in [0, 0.05) is 12.5 Å². The zero-order valence-electron chi connectivity index (χ0n) is 13.7. The zero-order valence-corrected chi connectivity index (χ0v) is 15.3. The smallest absolute Gasteiger partial charge is 0.268 e. The fourth-order valence-corrected chi connectivity index (χ4v) is 3.66. The molecule has 1 aromatic heterocycles. The molecular formula is C18H16ClN3O3S. The second kappa shape index (κ2) is 7.09. The highest BCUT2D eigenvalue weighted by Gasteiger charge is 2.31. The quantitative estimate of drug-likeness (QED) is 0.822. The highest BCUT2D eigenvalue weighted by Crippen LogP contribution is 2.27. The summed E-state index contributed by atoms with van der Waals surface area (Å²) in [6, 6.07) is 10.8. The minimum atomic E-state index is -0.731. The van der Waals surface area contributed by atoms with Crippen molar-refractivity contribution in [2.24, 2.45) is 5.16 Å². The predicted molar refractivity (Wildman–Crippen MR) is 101 cm³/mol. The third-order valence-electron chi connectivity index (χ3n) is 4.16. The van der Waals surface area contributed by atoms with E-state index in [1.807, 2.05) is 6.07 Å². The monoisotopic (exact) mass is 389 g/mol. The molecule has 1 aliphatic carbocycles. The number of thiophene rings is 1. The molecule has 6 nitrogen and oxygen atoms in total. The fraction of sp³-hybridized carbons (Fsp3) is 0.278. The lowest BCUT2D eigenvalue weighted by molar-refractivity contribution is -0.125. The lowest BCUT2D eigenvalue weighted by atomic mass is 10.1. The largest absolute Gasteiger partial charge is 0.382 e. The van der Waals surface area contributed by atoms with Crippen LogP contribution in [0.5, 0.6) is 0 Å². The van der Waals surface area contributed by atoms with Gasteiger partial charge in [-0.25, -0.2) is 0 Å². The molecule has 1 fully saturated rings. The molecule has 1 saturated carbocycles. The number of halogens is 1. The Bertz CT molecular complexity index is 891. The van der Waals surface area contributed by atoms with Gasteiger partial charge in [-0.05, 0) is 37.1 Å². The summed E-state index contributed by atoms with van der Waals surface area (Å²) in [7, 11) is 0. The zero-order chi connectivity index (χ0) is 18.1. The maximum Gasteiger partial charge on any atom is 0.268 e. The van der Waals surface area contributed by atoms with Crippen molar-refractivity contribution in [3.05, 3.63) is 51.2 Å². The molecule has 2 aliphatic rings. The van der Waals surface area contributed by atoms with Crippen LogP contribution in [0.3, 0.4) is 0 Å². The van der Waals surface area contributed by atoms with Gasteiger partial charge in [0.15, 0.2) is 0 Å². The molecule has 1 aromatic carbocycles. The van der Waals surface area contributed by atoms with Crippen molar-refractivity contribution in [2.75, 3.05) is 5.32 Å². The van der Waals surface area contributed by atoms with Gasteiger partial charge < -0.3 is 15.5 Å². The molecule has 2 N–H and O–H groups in total. The fourth-order valence-electron chi connectivity index (χ4n) is 2.63. The molecule has 0 radical (unpaired) electrons. The Balaban J connectivity index is 1.42. The van der Waals surface area contributed by atoms with Crippen LogP contribution in [-0.2, 0) is 9.63 Å². The van der Waals surface area contributed by atoms with E-state index in [1.165, 1.54) is 11.3 Å². The summed E-state index contributed by atoms with van der Waals surface area (Å²) in [6.07, 6.45) is 1.64. The molecule has 1 aliphatic heterocycles. The highest BCUT2D eigenvalue weighted by atomic mass is 35.5. The Morgan fingerprint density at radius 2 is 2.00 bits per heavy atom. The Hall–Kier alpha value is -2.38. The van der Waals surface area contributed by atoms with Crippen molar-refractivity contribution < 1.29 is 14.4 Å². The lowest BCUT2D eigenvalue weighted by Crippen LogP contribution is -2.30. The summed E-state index contributed by atoms with van der Waals surface area (Å²) < 4.78 is 0.659. The van der Waals surface area contributed by atoms with Crippen LogP contribution in [0.25, 0.3) is 0 Å². The van der Waals surface area contributed by atoms with Crippen LogP contribution in [0, 0.1) is 0 Å². The number of oxime groups is 1. The first-order valence-corrected chi connectivity index (χ1v) is 9.49. The minimum absolute atomic E-state index is 0.180. The maximum absolute atomic E-state index is 12.5. The van der Waals surface area contributed by atoms with Gasteiger partial charge >= 0.3 is 0 Å². The normalized spacial score (nSPS) is 18.8. The first kappa shape index (κ1) is 17.1. The van der Waals surface area contributed by atoms with E-state index < -0.39 is 6.10 Å². The van der Waals surface area contributed by atoms with Crippen molar-refractivity contribution in [1.29, 1.82) is 0 Å². The van der Waals surface area contributed by atoms with E-state index >= 15 is 0 Å². The number of rotatable bonds is 5. The summed E-state index contributed by atoms with van der Waals surface area (Å²) in [4.78, 5) is 31.0. The van der Waals surface area contributed by atoms with Crippen LogP contribution in [0.1, 0.15) is 34.5 Å². The maximum atomic E-state index is 12.5. The molecule has 134 valence electrons. The molecule has 2 heterocycles. The molecule has 1 atom stereocenters. The number of anilines is 1. The molecule has 2 amide bonds. The van der Waals surface area contributed by atoms with E-state index in [2.05, 4.69) is 15.8 Å². The van der Waals surface area contributed by atoms with Crippen LogP contribution in [-0.4, -0.2) is 29.7 Å². The van der Waals surface area contributed by atoms with Gasteiger partial charge in [-0.15, -0.1) is 11.3 Å². The van der Waals surface area contributed by atoms with Gasteiger partial charge in [0.25, 0.3) is 11.8 Å². The minimum Gasteiger partial charge on any atom is -0.382 e. The Morgan fingerprint density at radius 3 is 2.73 bits per heavy atom. The van der Waals surface area contributed by atoms with Crippen LogP contribution < -0.4 is 10.6 Å². The van der Waals surface area contributed by atoms with Crippen molar-refractivity contribution >= 4 is 46.2 Å². The van der Waals surface area contributed by atoms with E-state index in [-0.39, 0.29) is 17.9 Å². The first-order chi connectivity index (χ1) is 12.6. The van der Waals surface area contributed by atoms with E-state index in [0.717, 1.165) is 17.7 Å². The number of carbonyl (C=O) groups is 2. The highest BCUT2D eigenvalue weighted by molar-refractivity contribution is 7.18. The van der Waals surface area contributed by atoms with Crippen LogP contribution in [0.4, 0.5) is 5.69 Å². The number of nitrogens with one attached hydrogen (secondary N) is 2. The Morgan fingerprint density at radius 1 is 1.19 bits per heavy atom. The Labute approximate surface area is 159 Å². The molecule has 8 heteroatoms. The summed E-state index contributed by atoms with van der Waals surface area (Å²) in [5, 5.41) is 9.71.